The lowest BCUT2D eigenvalue weighted by molar-refractivity contribution is -0.124. The summed E-state index contributed by atoms with van der Waals surface area (Å²) in [6, 6.07) is 0.236. The summed E-state index contributed by atoms with van der Waals surface area (Å²) < 4.78 is 5.12. The fourth-order valence-corrected chi connectivity index (χ4v) is 3.27. The molecule has 6 nitrogen and oxygen atoms in total. The molecular weight excluding hydrogens is 316 g/mol. The van der Waals surface area contributed by atoms with Crippen molar-refractivity contribution in [2.45, 2.75) is 45.6 Å². The van der Waals surface area contributed by atoms with Gasteiger partial charge in [-0.25, -0.2) is 4.79 Å². The second-order valence-corrected chi connectivity index (χ2v) is 7.39. The first-order valence-electron chi connectivity index (χ1n) is 7.83. The van der Waals surface area contributed by atoms with Crippen molar-refractivity contribution in [2.75, 3.05) is 11.9 Å². The molecular formula is C16H20N2O4S. The molecule has 0 spiro atoms. The minimum atomic E-state index is -0.566. The quantitative estimate of drug-likeness (QED) is 0.780. The third-order valence-corrected chi connectivity index (χ3v) is 5.17. The monoisotopic (exact) mass is 336 g/mol. The van der Waals surface area contributed by atoms with Gasteiger partial charge in [-0.15, -0.1) is 11.3 Å². The molecule has 0 radical (unpaired) electrons. The van der Waals surface area contributed by atoms with Gasteiger partial charge in [0.1, 0.15) is 5.00 Å². The first-order chi connectivity index (χ1) is 11.0. The molecule has 0 atom stereocenters. The van der Waals surface area contributed by atoms with Crippen LogP contribution in [-0.2, 0) is 14.3 Å². The number of hydrogen-bond donors (Lipinski definition) is 2. The largest absolute Gasteiger partial charge is 0.452 e. The molecule has 3 rings (SSSR count). The molecule has 0 aromatic carbocycles. The topological polar surface area (TPSA) is 84.5 Å². The average Bonchev–Trinajstić information content (AvgIpc) is 3.38. The third-order valence-electron chi connectivity index (χ3n) is 4.05. The number of esters is 1. The first-order valence-corrected chi connectivity index (χ1v) is 8.64. The highest BCUT2D eigenvalue weighted by Gasteiger charge is 2.32. The maximum Gasteiger partial charge on any atom is 0.341 e. The van der Waals surface area contributed by atoms with Crippen LogP contribution in [0, 0.1) is 19.8 Å². The summed E-state index contributed by atoms with van der Waals surface area (Å²) in [5.41, 5.74) is 1.15. The van der Waals surface area contributed by atoms with E-state index in [1.165, 1.54) is 11.3 Å². The molecule has 1 aromatic rings. The lowest BCUT2D eigenvalue weighted by Gasteiger charge is -2.08. The Morgan fingerprint density at radius 2 is 1.87 bits per heavy atom. The van der Waals surface area contributed by atoms with E-state index in [4.69, 9.17) is 4.74 Å². The molecule has 2 fully saturated rings. The number of amides is 2. The SMILES string of the molecule is Cc1sc(NC(=O)C2CC2)c(C(=O)OCC(=O)NC2CC2)c1C. The molecule has 2 N–H and O–H groups in total. The van der Waals surface area contributed by atoms with E-state index in [-0.39, 0.29) is 30.4 Å². The van der Waals surface area contributed by atoms with Crippen LogP contribution in [0.25, 0.3) is 0 Å². The van der Waals surface area contributed by atoms with Crippen LogP contribution in [-0.4, -0.2) is 30.4 Å². The summed E-state index contributed by atoms with van der Waals surface area (Å²) in [6.07, 6.45) is 3.77. The van der Waals surface area contributed by atoms with Crippen LogP contribution in [0.2, 0.25) is 0 Å². The summed E-state index contributed by atoms with van der Waals surface area (Å²) >= 11 is 1.36. The molecule has 0 aliphatic heterocycles. The van der Waals surface area contributed by atoms with E-state index in [0.29, 0.717) is 10.6 Å². The van der Waals surface area contributed by atoms with Crippen molar-refractivity contribution >= 4 is 34.1 Å². The Hall–Kier alpha value is -1.89. The second kappa shape index (κ2) is 6.31. The van der Waals surface area contributed by atoms with E-state index in [1.54, 1.807) is 0 Å². The number of ether oxygens (including phenoxy) is 1. The highest BCUT2D eigenvalue weighted by atomic mass is 32.1. The zero-order chi connectivity index (χ0) is 16.6. The fourth-order valence-electron chi connectivity index (χ4n) is 2.22. The van der Waals surface area contributed by atoms with Crippen LogP contribution in [0.4, 0.5) is 5.00 Å². The van der Waals surface area contributed by atoms with Crippen molar-refractivity contribution in [3.63, 3.8) is 0 Å². The summed E-state index contributed by atoms with van der Waals surface area (Å²) in [5, 5.41) is 6.11. The smallest absolute Gasteiger partial charge is 0.341 e. The predicted molar refractivity (Wildman–Crippen MR) is 86.6 cm³/mol. The number of rotatable bonds is 6. The minimum Gasteiger partial charge on any atom is -0.452 e. The Morgan fingerprint density at radius 3 is 2.48 bits per heavy atom. The molecule has 0 bridgehead atoms. The van der Waals surface area contributed by atoms with Crippen molar-refractivity contribution in [3.05, 3.63) is 16.0 Å². The summed E-state index contributed by atoms with van der Waals surface area (Å²) in [7, 11) is 0. The average molecular weight is 336 g/mol. The number of carbonyl (C=O) groups excluding carboxylic acids is 3. The second-order valence-electron chi connectivity index (χ2n) is 6.17. The molecule has 124 valence electrons. The van der Waals surface area contributed by atoms with E-state index < -0.39 is 5.97 Å². The summed E-state index contributed by atoms with van der Waals surface area (Å²) in [4.78, 5) is 36.8. The lowest BCUT2D eigenvalue weighted by Crippen LogP contribution is -2.30. The highest BCUT2D eigenvalue weighted by molar-refractivity contribution is 7.16. The molecule has 0 unspecified atom stereocenters. The third kappa shape index (κ3) is 3.90. The zero-order valence-electron chi connectivity index (χ0n) is 13.2. The first kappa shape index (κ1) is 16.0. The van der Waals surface area contributed by atoms with Crippen LogP contribution in [0.3, 0.4) is 0 Å². The predicted octanol–water partition coefficient (Wildman–Crippen LogP) is 2.15. The fraction of sp³-hybridized carbons (Fsp3) is 0.562. The van der Waals surface area contributed by atoms with E-state index in [1.807, 2.05) is 13.8 Å². The van der Waals surface area contributed by atoms with Crippen molar-refractivity contribution in [1.82, 2.24) is 5.32 Å². The van der Waals surface area contributed by atoms with Gasteiger partial charge in [0.05, 0.1) is 5.56 Å². The number of nitrogens with one attached hydrogen (secondary N) is 2. The zero-order valence-corrected chi connectivity index (χ0v) is 14.0. The van der Waals surface area contributed by atoms with Gasteiger partial charge in [0.2, 0.25) is 5.91 Å². The minimum absolute atomic E-state index is 0.0493. The maximum atomic E-state index is 12.3. The highest BCUT2D eigenvalue weighted by Crippen LogP contribution is 2.36. The molecule has 23 heavy (non-hydrogen) atoms. The number of hydrogen-bond acceptors (Lipinski definition) is 5. The molecule has 2 aliphatic carbocycles. The van der Waals surface area contributed by atoms with Crippen LogP contribution >= 0.6 is 11.3 Å². The van der Waals surface area contributed by atoms with Gasteiger partial charge in [0.15, 0.2) is 6.61 Å². The van der Waals surface area contributed by atoms with Crippen LogP contribution in [0.5, 0.6) is 0 Å². The van der Waals surface area contributed by atoms with E-state index in [0.717, 1.165) is 36.1 Å². The van der Waals surface area contributed by atoms with Crippen LogP contribution < -0.4 is 10.6 Å². The Balaban J connectivity index is 1.65. The molecule has 2 saturated carbocycles. The molecule has 1 heterocycles. The van der Waals surface area contributed by atoms with Crippen molar-refractivity contribution < 1.29 is 19.1 Å². The van der Waals surface area contributed by atoms with Gasteiger partial charge < -0.3 is 15.4 Å². The van der Waals surface area contributed by atoms with Crippen molar-refractivity contribution in [1.29, 1.82) is 0 Å². The van der Waals surface area contributed by atoms with Gasteiger partial charge in [0, 0.05) is 16.8 Å². The Kier molecular flexibility index (Phi) is 4.39. The molecule has 2 amide bonds. The molecule has 0 saturated heterocycles. The van der Waals surface area contributed by atoms with Gasteiger partial charge in [-0.3, -0.25) is 9.59 Å². The van der Waals surface area contributed by atoms with E-state index in [9.17, 15) is 14.4 Å². The number of thiophene rings is 1. The van der Waals surface area contributed by atoms with Crippen molar-refractivity contribution in [3.8, 4) is 0 Å². The maximum absolute atomic E-state index is 12.3. The van der Waals surface area contributed by atoms with E-state index in [2.05, 4.69) is 10.6 Å². The lowest BCUT2D eigenvalue weighted by atomic mass is 10.1. The van der Waals surface area contributed by atoms with Gasteiger partial charge in [-0.2, -0.15) is 0 Å². The molecule has 2 aliphatic rings. The van der Waals surface area contributed by atoms with Crippen LogP contribution in [0.1, 0.15) is 46.5 Å². The molecule has 7 heteroatoms. The summed E-state index contributed by atoms with van der Waals surface area (Å²) in [6.45, 7) is 3.42. The van der Waals surface area contributed by atoms with Gasteiger partial charge in [-0.05, 0) is 45.1 Å². The Bertz CT molecular complexity index is 659. The van der Waals surface area contributed by atoms with Gasteiger partial charge in [0.25, 0.3) is 5.91 Å². The van der Waals surface area contributed by atoms with Gasteiger partial charge in [-0.1, -0.05) is 0 Å². The van der Waals surface area contributed by atoms with Gasteiger partial charge >= 0.3 is 5.97 Å². The summed E-state index contributed by atoms with van der Waals surface area (Å²) in [5.74, 6) is -0.837. The molecule has 1 aromatic heterocycles. The van der Waals surface area contributed by atoms with Crippen LogP contribution in [0.15, 0.2) is 0 Å². The number of anilines is 1. The van der Waals surface area contributed by atoms with Crippen molar-refractivity contribution in [2.24, 2.45) is 5.92 Å². The Labute approximate surface area is 138 Å². The number of aryl methyl sites for hydroxylation is 1. The van der Waals surface area contributed by atoms with E-state index >= 15 is 0 Å². The Morgan fingerprint density at radius 1 is 1.17 bits per heavy atom. The standard InChI is InChI=1S/C16H20N2O4S/c1-8-9(2)23-15(18-14(20)10-3-4-10)13(8)16(21)22-7-12(19)17-11-5-6-11/h10-11H,3-7H2,1-2H3,(H,17,19)(H,18,20). The normalized spacial score (nSPS) is 16.8. The number of carbonyl (C=O) groups is 3.